The number of nitrogens with two attached hydrogens (primary N) is 2. The molecule has 42 heavy (non-hydrogen) atoms. The van der Waals surface area contributed by atoms with Crippen LogP contribution < -0.4 is 32.7 Å². The second-order valence-corrected chi connectivity index (χ2v) is 9.51. The molecule has 0 aromatic heterocycles. The zero-order chi connectivity index (χ0) is 31.1. The van der Waals surface area contributed by atoms with Crippen LogP contribution in [-0.4, -0.2) is 59.9 Å². The van der Waals surface area contributed by atoms with E-state index in [4.69, 9.17) is 16.2 Å². The summed E-state index contributed by atoms with van der Waals surface area (Å²) >= 11 is 0. The fourth-order valence-corrected chi connectivity index (χ4v) is 3.62. The summed E-state index contributed by atoms with van der Waals surface area (Å²) in [7, 11) is 0. The highest BCUT2D eigenvalue weighted by Gasteiger charge is 2.26. The lowest BCUT2D eigenvalue weighted by Gasteiger charge is -2.22. The molecule has 2 rings (SSSR count). The summed E-state index contributed by atoms with van der Waals surface area (Å²) in [4.78, 5) is 64.8. The first-order chi connectivity index (χ1) is 20.0. The van der Waals surface area contributed by atoms with Crippen molar-refractivity contribution in [3.63, 3.8) is 0 Å². The van der Waals surface area contributed by atoms with Gasteiger partial charge in [-0.1, -0.05) is 44.2 Å². The van der Waals surface area contributed by atoms with Gasteiger partial charge in [0.25, 0.3) is 5.69 Å². The fourth-order valence-electron chi connectivity index (χ4n) is 3.62. The van der Waals surface area contributed by atoms with E-state index in [9.17, 15) is 29.3 Å². The molecule has 0 saturated carbocycles. The summed E-state index contributed by atoms with van der Waals surface area (Å²) in [6, 6.07) is 12.2. The predicted octanol–water partition coefficient (Wildman–Crippen LogP) is 1.14. The number of nitro groups is 1. The number of anilines is 1. The Morgan fingerprint density at radius 1 is 0.976 bits per heavy atom. The summed E-state index contributed by atoms with van der Waals surface area (Å²) in [5.74, 6) is -2.31. The summed E-state index contributed by atoms with van der Waals surface area (Å²) in [5.41, 5.74) is 11.6. The molecule has 0 unspecified atom stereocenters. The normalized spacial score (nSPS) is 11.9. The Labute approximate surface area is 242 Å². The number of nitro benzene ring substituents is 1. The van der Waals surface area contributed by atoms with E-state index in [0.29, 0.717) is 6.42 Å². The van der Waals surface area contributed by atoms with Crippen molar-refractivity contribution >= 4 is 41.1 Å². The van der Waals surface area contributed by atoms with Gasteiger partial charge >= 0.3 is 6.09 Å². The van der Waals surface area contributed by atoms with Gasteiger partial charge in [0.1, 0.15) is 18.7 Å². The molecule has 15 nitrogen and oxygen atoms in total. The first kappa shape index (κ1) is 33.0. The molecule has 15 heteroatoms. The second kappa shape index (κ2) is 16.8. The van der Waals surface area contributed by atoms with E-state index in [1.54, 1.807) is 38.1 Å². The van der Waals surface area contributed by atoms with Crippen LogP contribution in [-0.2, 0) is 25.7 Å². The number of hydrogen-bond donors (Lipinski definition) is 6. The van der Waals surface area contributed by atoms with Crippen molar-refractivity contribution in [1.82, 2.24) is 16.0 Å². The van der Waals surface area contributed by atoms with E-state index < -0.39 is 47.4 Å². The number of carbonyl (C=O) groups excluding carboxylic acids is 4. The molecule has 8 N–H and O–H groups in total. The van der Waals surface area contributed by atoms with Crippen LogP contribution in [0.5, 0.6) is 0 Å². The number of alkyl carbamates (subject to hydrolysis) is 1. The number of non-ortho nitro benzene ring substituents is 1. The number of hydrogen-bond acceptors (Lipinski definition) is 8. The molecule has 226 valence electrons. The van der Waals surface area contributed by atoms with E-state index in [2.05, 4.69) is 26.3 Å². The maximum Gasteiger partial charge on any atom is 0.408 e. The van der Waals surface area contributed by atoms with E-state index >= 15 is 0 Å². The summed E-state index contributed by atoms with van der Waals surface area (Å²) in [5, 5.41) is 21.0. The van der Waals surface area contributed by atoms with E-state index in [0.717, 1.165) is 5.56 Å². The molecule has 0 aliphatic rings. The van der Waals surface area contributed by atoms with Gasteiger partial charge in [0, 0.05) is 24.4 Å². The molecule has 0 bridgehead atoms. The number of ether oxygens (including phenoxy) is 1. The van der Waals surface area contributed by atoms with Gasteiger partial charge in [-0.25, -0.2) is 4.79 Å². The molecule has 0 heterocycles. The van der Waals surface area contributed by atoms with Crippen molar-refractivity contribution in [2.24, 2.45) is 22.4 Å². The first-order valence-electron chi connectivity index (χ1n) is 13.1. The maximum atomic E-state index is 12.9. The van der Waals surface area contributed by atoms with Crippen molar-refractivity contribution in [3.8, 4) is 0 Å². The lowest BCUT2D eigenvalue weighted by molar-refractivity contribution is -0.384. The molecule has 2 aromatic rings. The minimum Gasteiger partial charge on any atom is -0.445 e. The zero-order valence-electron chi connectivity index (χ0n) is 23.4. The highest BCUT2D eigenvalue weighted by Crippen LogP contribution is 2.16. The maximum absolute atomic E-state index is 12.9. The zero-order valence-corrected chi connectivity index (χ0v) is 23.4. The van der Waals surface area contributed by atoms with Crippen LogP contribution in [0, 0.1) is 16.0 Å². The molecular weight excluding hydrogens is 548 g/mol. The number of guanidine groups is 1. The molecular formula is C27H36N8O7. The van der Waals surface area contributed by atoms with Crippen molar-refractivity contribution in [2.75, 3.05) is 18.4 Å². The SMILES string of the molecule is CC(C)[C@H](NC(=O)OCc1ccccc1)C(=O)NCC(=O)N[C@@H](CCCN=C(N)N)C(=O)Nc1ccc([N+](=O)[O-])cc1. The smallest absolute Gasteiger partial charge is 0.408 e. The number of nitrogens with one attached hydrogen (secondary N) is 4. The highest BCUT2D eigenvalue weighted by molar-refractivity contribution is 5.98. The largest absolute Gasteiger partial charge is 0.445 e. The third-order valence-electron chi connectivity index (χ3n) is 5.80. The average Bonchev–Trinajstić information content (AvgIpc) is 2.95. The molecule has 2 atom stereocenters. The van der Waals surface area contributed by atoms with Crippen molar-refractivity contribution < 1.29 is 28.8 Å². The summed E-state index contributed by atoms with van der Waals surface area (Å²) in [6.45, 7) is 3.19. The number of aliphatic imine (C=N–C) groups is 1. The van der Waals surface area contributed by atoms with Gasteiger partial charge in [-0.2, -0.15) is 0 Å². The van der Waals surface area contributed by atoms with Crippen LogP contribution in [0.3, 0.4) is 0 Å². The molecule has 0 spiro atoms. The monoisotopic (exact) mass is 584 g/mol. The molecule has 0 aliphatic carbocycles. The van der Waals surface area contributed by atoms with Crippen LogP contribution in [0.1, 0.15) is 32.3 Å². The van der Waals surface area contributed by atoms with Gasteiger partial charge in [0.15, 0.2) is 5.96 Å². The minimum atomic E-state index is -1.04. The van der Waals surface area contributed by atoms with Gasteiger partial charge in [0.05, 0.1) is 11.5 Å². The Balaban J connectivity index is 1.95. The molecule has 0 saturated heterocycles. The van der Waals surface area contributed by atoms with Crippen LogP contribution in [0.15, 0.2) is 59.6 Å². The number of amides is 4. The van der Waals surface area contributed by atoms with E-state index in [1.165, 1.54) is 24.3 Å². The van der Waals surface area contributed by atoms with Crippen LogP contribution in [0.4, 0.5) is 16.2 Å². The minimum absolute atomic E-state index is 0.0218. The highest BCUT2D eigenvalue weighted by atomic mass is 16.6. The Hall–Kier alpha value is -5.21. The Morgan fingerprint density at radius 2 is 1.64 bits per heavy atom. The quantitative estimate of drug-likeness (QED) is 0.0578. The Bertz CT molecular complexity index is 1250. The third-order valence-corrected chi connectivity index (χ3v) is 5.80. The molecule has 0 fully saturated rings. The number of rotatable bonds is 15. The summed E-state index contributed by atoms with van der Waals surface area (Å²) < 4.78 is 5.18. The number of nitrogens with zero attached hydrogens (tertiary/aromatic N) is 2. The van der Waals surface area contributed by atoms with Gasteiger partial charge in [-0.3, -0.25) is 29.5 Å². The molecule has 0 aliphatic heterocycles. The van der Waals surface area contributed by atoms with Gasteiger partial charge in [0.2, 0.25) is 17.7 Å². The van der Waals surface area contributed by atoms with Gasteiger partial charge in [-0.05, 0) is 36.5 Å². The molecule has 2 aromatic carbocycles. The fraction of sp³-hybridized carbons (Fsp3) is 0.370. The second-order valence-electron chi connectivity index (χ2n) is 9.51. The lowest BCUT2D eigenvalue weighted by atomic mass is 10.0. The number of carbonyl (C=O) groups is 4. The van der Waals surface area contributed by atoms with Crippen LogP contribution in [0.2, 0.25) is 0 Å². The number of benzene rings is 2. The van der Waals surface area contributed by atoms with Crippen LogP contribution in [0.25, 0.3) is 0 Å². The average molecular weight is 585 g/mol. The Morgan fingerprint density at radius 3 is 2.24 bits per heavy atom. The van der Waals surface area contributed by atoms with Gasteiger partial charge < -0.3 is 37.5 Å². The standard InChI is InChI=1S/C27H36N8O7/c1-17(2)23(34-27(39)42-16-18-7-4-3-5-8-18)25(38)31-15-22(36)33-21(9-6-14-30-26(28)29)24(37)32-19-10-12-20(13-11-19)35(40)41/h3-5,7-8,10-13,17,21,23H,6,9,14-16H2,1-2H3,(H,31,38)(H,32,37)(H,33,36)(H,34,39)(H4,28,29,30)/t21-,23-/m0/s1. The van der Waals surface area contributed by atoms with Crippen molar-refractivity contribution in [3.05, 3.63) is 70.3 Å². The molecule has 4 amide bonds. The van der Waals surface area contributed by atoms with Crippen molar-refractivity contribution in [1.29, 1.82) is 0 Å². The molecule has 0 radical (unpaired) electrons. The van der Waals surface area contributed by atoms with E-state index in [-0.39, 0.29) is 42.8 Å². The summed E-state index contributed by atoms with van der Waals surface area (Å²) in [6.07, 6.45) is -0.299. The topological polar surface area (TPSA) is 233 Å². The van der Waals surface area contributed by atoms with E-state index in [1.807, 2.05) is 6.07 Å². The van der Waals surface area contributed by atoms with Crippen molar-refractivity contribution in [2.45, 2.75) is 45.4 Å². The van der Waals surface area contributed by atoms with Gasteiger partial charge in [-0.15, -0.1) is 0 Å². The third kappa shape index (κ3) is 11.9. The lowest BCUT2D eigenvalue weighted by Crippen LogP contribution is -2.53. The Kier molecular flexibility index (Phi) is 13.2. The predicted molar refractivity (Wildman–Crippen MR) is 155 cm³/mol. The first-order valence-corrected chi connectivity index (χ1v) is 13.1. The van der Waals surface area contributed by atoms with Crippen LogP contribution >= 0.6 is 0 Å².